The van der Waals surface area contributed by atoms with Crippen molar-refractivity contribution < 1.29 is 14.3 Å². The van der Waals surface area contributed by atoms with E-state index >= 15 is 0 Å². The van der Waals surface area contributed by atoms with Crippen molar-refractivity contribution in [3.63, 3.8) is 0 Å². The fourth-order valence-corrected chi connectivity index (χ4v) is 3.37. The second-order valence-corrected chi connectivity index (χ2v) is 6.03. The van der Waals surface area contributed by atoms with Gasteiger partial charge in [-0.1, -0.05) is 30.9 Å². The molecular formula is C11H16N2O3S2. The quantitative estimate of drug-likeness (QED) is 0.707. The lowest BCUT2D eigenvalue weighted by molar-refractivity contribution is -0.139. The number of ether oxygens (including phenoxy) is 1. The Bertz CT molecular complexity index is 369. The van der Waals surface area contributed by atoms with Crippen LogP contribution in [-0.4, -0.2) is 64.0 Å². The van der Waals surface area contributed by atoms with Gasteiger partial charge in [-0.05, 0) is 6.42 Å². The predicted molar refractivity (Wildman–Crippen MR) is 73.4 cm³/mol. The van der Waals surface area contributed by atoms with Gasteiger partial charge in [0.25, 0.3) is 0 Å². The van der Waals surface area contributed by atoms with E-state index < -0.39 is 0 Å². The highest BCUT2D eigenvalue weighted by Gasteiger charge is 2.37. The molecule has 5 nitrogen and oxygen atoms in total. The standard InChI is InChI=1S/C11H16N2O3S2/c1-2-8-10(15)13(11(17)18-8)7-9(14)12-3-5-16-6-4-12/h8H,2-7H2,1H3. The van der Waals surface area contributed by atoms with Gasteiger partial charge in [-0.15, -0.1) is 0 Å². The molecule has 2 rings (SSSR count). The maximum Gasteiger partial charge on any atom is 0.242 e. The molecule has 100 valence electrons. The first-order valence-corrected chi connectivity index (χ1v) is 7.29. The maximum atomic E-state index is 12.0. The number of carbonyl (C=O) groups excluding carboxylic acids is 2. The lowest BCUT2D eigenvalue weighted by Gasteiger charge is -2.28. The van der Waals surface area contributed by atoms with E-state index in [0.29, 0.717) is 30.6 Å². The minimum absolute atomic E-state index is 0.0332. The van der Waals surface area contributed by atoms with Crippen LogP contribution in [-0.2, 0) is 14.3 Å². The smallest absolute Gasteiger partial charge is 0.242 e. The van der Waals surface area contributed by atoms with E-state index in [-0.39, 0.29) is 23.6 Å². The topological polar surface area (TPSA) is 49.9 Å². The molecule has 1 unspecified atom stereocenters. The molecule has 0 aromatic rings. The number of hydrogen-bond acceptors (Lipinski definition) is 5. The van der Waals surface area contributed by atoms with Gasteiger partial charge in [0.15, 0.2) is 0 Å². The van der Waals surface area contributed by atoms with Crippen LogP contribution in [0.1, 0.15) is 13.3 Å². The molecule has 2 heterocycles. The Labute approximate surface area is 116 Å². The summed E-state index contributed by atoms with van der Waals surface area (Å²) in [6.07, 6.45) is 0.742. The van der Waals surface area contributed by atoms with Crippen molar-refractivity contribution in [1.29, 1.82) is 0 Å². The highest BCUT2D eigenvalue weighted by Crippen LogP contribution is 2.29. The predicted octanol–water partition coefficient (Wildman–Crippen LogP) is 0.484. The van der Waals surface area contributed by atoms with Gasteiger partial charge < -0.3 is 9.64 Å². The highest BCUT2D eigenvalue weighted by atomic mass is 32.2. The fraction of sp³-hybridized carbons (Fsp3) is 0.727. The van der Waals surface area contributed by atoms with Crippen molar-refractivity contribution in [1.82, 2.24) is 9.80 Å². The molecule has 1 atom stereocenters. The summed E-state index contributed by atoms with van der Waals surface area (Å²) in [6, 6.07) is 0. The van der Waals surface area contributed by atoms with E-state index in [1.165, 1.54) is 16.7 Å². The van der Waals surface area contributed by atoms with Gasteiger partial charge in [0.1, 0.15) is 10.9 Å². The zero-order valence-corrected chi connectivity index (χ0v) is 11.9. The van der Waals surface area contributed by atoms with Crippen LogP contribution in [0.25, 0.3) is 0 Å². The SMILES string of the molecule is CCC1SC(=S)N(CC(=O)N2CCOCC2)C1=O. The van der Waals surface area contributed by atoms with Crippen molar-refractivity contribution >= 4 is 40.1 Å². The molecule has 0 spiro atoms. The van der Waals surface area contributed by atoms with Crippen LogP contribution in [0.2, 0.25) is 0 Å². The molecule has 2 amide bonds. The van der Waals surface area contributed by atoms with Gasteiger partial charge in [-0.3, -0.25) is 14.5 Å². The number of nitrogens with zero attached hydrogens (tertiary/aromatic N) is 2. The fourth-order valence-electron chi connectivity index (χ4n) is 1.95. The molecule has 0 aliphatic carbocycles. The summed E-state index contributed by atoms with van der Waals surface area (Å²) in [5, 5.41) is -0.116. The molecule has 0 aromatic carbocycles. The summed E-state index contributed by atoms with van der Waals surface area (Å²) >= 11 is 6.54. The van der Waals surface area contributed by atoms with Gasteiger partial charge >= 0.3 is 0 Å². The molecule has 2 aliphatic rings. The molecule has 18 heavy (non-hydrogen) atoms. The molecule has 0 aromatic heterocycles. The molecular weight excluding hydrogens is 272 g/mol. The number of rotatable bonds is 3. The first-order chi connectivity index (χ1) is 8.63. The van der Waals surface area contributed by atoms with E-state index in [2.05, 4.69) is 0 Å². The number of hydrogen-bond donors (Lipinski definition) is 0. The molecule has 0 N–H and O–H groups in total. The summed E-state index contributed by atoms with van der Waals surface area (Å²) < 4.78 is 5.71. The van der Waals surface area contributed by atoms with Crippen molar-refractivity contribution in [3.8, 4) is 0 Å². The van der Waals surface area contributed by atoms with Crippen LogP contribution in [0.3, 0.4) is 0 Å². The normalized spacial score (nSPS) is 24.8. The van der Waals surface area contributed by atoms with E-state index in [0.717, 1.165) is 6.42 Å². The molecule has 2 fully saturated rings. The maximum absolute atomic E-state index is 12.0. The van der Waals surface area contributed by atoms with Crippen LogP contribution < -0.4 is 0 Å². The van der Waals surface area contributed by atoms with E-state index in [1.807, 2.05) is 6.92 Å². The van der Waals surface area contributed by atoms with Crippen molar-refractivity contribution in [2.24, 2.45) is 0 Å². The minimum Gasteiger partial charge on any atom is -0.378 e. The third-order valence-electron chi connectivity index (χ3n) is 3.03. The Morgan fingerprint density at radius 2 is 2.17 bits per heavy atom. The first-order valence-electron chi connectivity index (χ1n) is 6.01. The third-order valence-corrected chi connectivity index (χ3v) is 4.78. The Morgan fingerprint density at radius 3 is 2.72 bits per heavy atom. The van der Waals surface area contributed by atoms with Crippen molar-refractivity contribution in [3.05, 3.63) is 0 Å². The number of carbonyl (C=O) groups is 2. The third kappa shape index (κ3) is 2.84. The van der Waals surface area contributed by atoms with Crippen molar-refractivity contribution in [2.45, 2.75) is 18.6 Å². The Balaban J connectivity index is 1.94. The molecule has 7 heteroatoms. The molecule has 0 radical (unpaired) electrons. The average Bonchev–Trinajstić information content (AvgIpc) is 2.67. The van der Waals surface area contributed by atoms with Gasteiger partial charge in [0.2, 0.25) is 11.8 Å². The number of morpholine rings is 1. The first kappa shape index (κ1) is 13.8. The number of thioether (sulfide) groups is 1. The van der Waals surface area contributed by atoms with E-state index in [1.54, 1.807) is 4.90 Å². The summed E-state index contributed by atoms with van der Waals surface area (Å²) in [5.41, 5.74) is 0. The van der Waals surface area contributed by atoms with Crippen LogP contribution in [0.4, 0.5) is 0 Å². The zero-order valence-electron chi connectivity index (χ0n) is 10.3. The van der Waals surface area contributed by atoms with Gasteiger partial charge in [-0.2, -0.15) is 0 Å². The molecule has 2 saturated heterocycles. The summed E-state index contributed by atoms with van der Waals surface area (Å²) in [4.78, 5) is 27.2. The van der Waals surface area contributed by atoms with Crippen LogP contribution in [0.15, 0.2) is 0 Å². The Kier molecular flexibility index (Phi) is 4.58. The van der Waals surface area contributed by atoms with Gasteiger partial charge in [0.05, 0.1) is 18.5 Å². The van der Waals surface area contributed by atoms with Crippen LogP contribution in [0.5, 0.6) is 0 Å². The lowest BCUT2D eigenvalue weighted by atomic mass is 10.3. The largest absolute Gasteiger partial charge is 0.378 e. The van der Waals surface area contributed by atoms with Gasteiger partial charge in [0, 0.05) is 13.1 Å². The van der Waals surface area contributed by atoms with Crippen molar-refractivity contribution in [2.75, 3.05) is 32.8 Å². The molecule has 0 saturated carbocycles. The average molecular weight is 288 g/mol. The van der Waals surface area contributed by atoms with Crippen LogP contribution >= 0.6 is 24.0 Å². The molecule has 2 aliphatic heterocycles. The summed E-state index contributed by atoms with van der Waals surface area (Å²) in [6.45, 7) is 4.34. The lowest BCUT2D eigenvalue weighted by Crippen LogP contribution is -2.47. The Hall–Kier alpha value is -0.660. The molecule has 0 bridgehead atoms. The van der Waals surface area contributed by atoms with Crippen LogP contribution in [0, 0.1) is 0 Å². The zero-order chi connectivity index (χ0) is 13.1. The van der Waals surface area contributed by atoms with E-state index in [9.17, 15) is 9.59 Å². The second-order valence-electron chi connectivity index (χ2n) is 4.20. The minimum atomic E-state index is -0.116. The van der Waals surface area contributed by atoms with Gasteiger partial charge in [-0.25, -0.2) is 0 Å². The highest BCUT2D eigenvalue weighted by molar-refractivity contribution is 8.24. The monoisotopic (exact) mass is 288 g/mol. The summed E-state index contributed by atoms with van der Waals surface area (Å²) in [7, 11) is 0. The summed E-state index contributed by atoms with van der Waals surface area (Å²) in [5.74, 6) is -0.0829. The number of thiocarbonyl (C=S) groups is 1. The number of amides is 2. The second kappa shape index (κ2) is 5.99. The Morgan fingerprint density at radius 1 is 1.50 bits per heavy atom. The van der Waals surface area contributed by atoms with E-state index in [4.69, 9.17) is 17.0 Å².